The second-order valence-corrected chi connectivity index (χ2v) is 4.79. The van der Waals surface area contributed by atoms with Crippen molar-refractivity contribution in [2.24, 2.45) is 0 Å². The van der Waals surface area contributed by atoms with Gasteiger partial charge in [-0.15, -0.1) is 0 Å². The van der Waals surface area contributed by atoms with E-state index in [2.05, 4.69) is 4.98 Å². The van der Waals surface area contributed by atoms with Gasteiger partial charge in [0.25, 0.3) is 5.56 Å². The molecule has 6 heteroatoms. The molecule has 1 unspecified atom stereocenters. The van der Waals surface area contributed by atoms with Crippen LogP contribution in [0.2, 0.25) is 0 Å². The number of fused-ring (bicyclic) bond motifs is 1. The lowest BCUT2D eigenvalue weighted by Crippen LogP contribution is -2.36. The van der Waals surface area contributed by atoms with Crippen molar-refractivity contribution in [1.82, 2.24) is 9.55 Å². The number of nitrogen functional groups attached to an aromatic ring is 1. The first-order valence-electron chi connectivity index (χ1n) is 8.95. The van der Waals surface area contributed by atoms with Crippen LogP contribution >= 0.6 is 0 Å². The van der Waals surface area contributed by atoms with E-state index in [4.69, 9.17) is 12.6 Å². The van der Waals surface area contributed by atoms with E-state index in [1.807, 2.05) is 0 Å². The smallest absolute Gasteiger partial charge is 0.264 e. The Hall–Kier alpha value is -2.50. The van der Waals surface area contributed by atoms with Crippen molar-refractivity contribution in [2.45, 2.75) is 32.2 Å². The number of carbonyl (C=O) groups is 2. The maximum atomic E-state index is 13.0. The molecule has 1 aliphatic rings. The van der Waals surface area contributed by atoms with Gasteiger partial charge in [-0.2, -0.15) is 0 Å². The SMILES string of the molecule is [2H]c1cc(N)c2c(=O)n(C3([2H])CCC(=O)CC3=O)c(C([2H])[2H])nc2c1[2H]. The van der Waals surface area contributed by atoms with Gasteiger partial charge >= 0.3 is 0 Å². The van der Waals surface area contributed by atoms with Crippen molar-refractivity contribution in [2.75, 3.05) is 5.73 Å². The highest BCUT2D eigenvalue weighted by molar-refractivity contribution is 6.03. The van der Waals surface area contributed by atoms with Gasteiger partial charge < -0.3 is 5.73 Å². The summed E-state index contributed by atoms with van der Waals surface area (Å²) < 4.78 is 40.1. The molecule has 21 heavy (non-hydrogen) atoms. The van der Waals surface area contributed by atoms with Gasteiger partial charge in [-0.25, -0.2) is 4.98 Å². The molecular formula is C15H15N3O3. The molecule has 0 amide bonds. The molecule has 0 saturated heterocycles. The fourth-order valence-electron chi connectivity index (χ4n) is 2.41. The van der Waals surface area contributed by atoms with Crippen molar-refractivity contribution < 1.29 is 16.4 Å². The molecule has 0 bridgehead atoms. The Morgan fingerprint density at radius 3 is 3.05 bits per heavy atom. The van der Waals surface area contributed by atoms with Crippen LogP contribution in [-0.2, 0) is 9.59 Å². The molecule has 1 aromatic heterocycles. The number of benzene rings is 1. The summed E-state index contributed by atoms with van der Waals surface area (Å²) in [7, 11) is 0. The molecular weight excluding hydrogens is 270 g/mol. The van der Waals surface area contributed by atoms with Gasteiger partial charge in [0.05, 0.1) is 27.5 Å². The van der Waals surface area contributed by atoms with Gasteiger partial charge in [-0.05, 0) is 25.4 Å². The summed E-state index contributed by atoms with van der Waals surface area (Å²) in [5, 5.41) is -0.244. The number of nitrogens with zero attached hydrogens (tertiary/aromatic N) is 2. The van der Waals surface area contributed by atoms with E-state index in [1.165, 1.54) is 0 Å². The van der Waals surface area contributed by atoms with E-state index in [1.54, 1.807) is 0 Å². The summed E-state index contributed by atoms with van der Waals surface area (Å²) in [6, 6.07) is -1.75. The van der Waals surface area contributed by atoms with E-state index in [0.717, 1.165) is 6.07 Å². The van der Waals surface area contributed by atoms with E-state index < -0.39 is 42.5 Å². The van der Waals surface area contributed by atoms with Crippen LogP contribution in [0, 0.1) is 6.88 Å². The number of aryl methyl sites for hydroxylation is 1. The van der Waals surface area contributed by atoms with Crippen LogP contribution in [0.5, 0.6) is 0 Å². The molecule has 2 aromatic rings. The molecule has 1 heterocycles. The van der Waals surface area contributed by atoms with Crippen LogP contribution in [-0.4, -0.2) is 21.1 Å². The van der Waals surface area contributed by atoms with Gasteiger partial charge in [-0.3, -0.25) is 19.0 Å². The topological polar surface area (TPSA) is 95.0 Å². The zero-order valence-electron chi connectivity index (χ0n) is 16.0. The van der Waals surface area contributed by atoms with Gasteiger partial charge in [0.2, 0.25) is 0 Å². The number of hydrogen-bond acceptors (Lipinski definition) is 5. The molecule has 6 nitrogen and oxygen atoms in total. The molecule has 1 aromatic carbocycles. The summed E-state index contributed by atoms with van der Waals surface area (Å²) in [6.45, 7) is -1.82. The van der Waals surface area contributed by atoms with Crippen molar-refractivity contribution in [3.63, 3.8) is 0 Å². The second-order valence-electron chi connectivity index (χ2n) is 4.79. The van der Waals surface area contributed by atoms with Crippen LogP contribution in [0.25, 0.3) is 10.9 Å². The lowest BCUT2D eigenvalue weighted by molar-refractivity contribution is -0.132. The Labute approximate surface area is 127 Å². The van der Waals surface area contributed by atoms with Crippen LogP contribution in [0.1, 0.15) is 38.0 Å². The largest absolute Gasteiger partial charge is 0.398 e. The highest BCUT2D eigenvalue weighted by atomic mass is 16.2. The molecule has 0 radical (unpaired) electrons. The van der Waals surface area contributed by atoms with E-state index in [9.17, 15) is 14.4 Å². The highest BCUT2D eigenvalue weighted by Crippen LogP contribution is 2.24. The first-order chi connectivity index (χ1) is 12.1. The van der Waals surface area contributed by atoms with Crippen LogP contribution in [0.3, 0.4) is 0 Å². The van der Waals surface area contributed by atoms with Crippen molar-refractivity contribution >= 4 is 28.2 Å². The zero-order chi connectivity index (χ0) is 19.4. The second kappa shape index (κ2) is 4.80. The number of anilines is 1. The van der Waals surface area contributed by atoms with Gasteiger partial charge in [-0.1, -0.05) is 6.04 Å². The molecule has 0 spiro atoms. The molecule has 1 atom stereocenters. The first-order valence-corrected chi connectivity index (χ1v) is 6.30. The third-order valence-corrected chi connectivity index (χ3v) is 3.41. The Balaban J connectivity index is 2.44. The number of hydrogen-bond donors (Lipinski definition) is 1. The molecule has 1 aliphatic carbocycles. The van der Waals surface area contributed by atoms with Gasteiger partial charge in [0.15, 0.2) is 5.78 Å². The van der Waals surface area contributed by atoms with E-state index in [-0.39, 0.29) is 41.3 Å². The Morgan fingerprint density at radius 1 is 1.52 bits per heavy atom. The van der Waals surface area contributed by atoms with Crippen molar-refractivity contribution in [3.8, 4) is 0 Å². The summed E-state index contributed by atoms with van der Waals surface area (Å²) in [6.07, 6.45) is -0.884. The third kappa shape index (κ3) is 2.12. The standard InChI is InChI=1S/C15H15N3O3/c1-8-17-11-4-2-3-10(16)14(11)15(21)18(8)12-6-5-9(19)7-13(12)20/h2-4,12H,5-7,16H2,1H3/i1D2,2D,4D,12D. The lowest BCUT2D eigenvalue weighted by atomic mass is 9.92. The Morgan fingerprint density at radius 2 is 2.33 bits per heavy atom. The predicted molar refractivity (Wildman–Crippen MR) is 78.1 cm³/mol. The van der Waals surface area contributed by atoms with Crippen molar-refractivity contribution in [1.29, 1.82) is 0 Å². The summed E-state index contributed by atoms with van der Waals surface area (Å²) in [5.41, 5.74) is 4.47. The maximum absolute atomic E-state index is 13.0. The number of Topliss-reactive ketones (excluding diaryl/α,β-unsaturated/α-hetero) is 2. The minimum atomic E-state index is -2.17. The molecule has 0 aliphatic heterocycles. The van der Waals surface area contributed by atoms with Crippen molar-refractivity contribution in [3.05, 3.63) is 34.3 Å². The Bertz CT molecular complexity index is 1020. The van der Waals surface area contributed by atoms with Gasteiger partial charge in [0, 0.05) is 14.8 Å². The van der Waals surface area contributed by atoms with Crippen LogP contribution in [0.15, 0.2) is 22.9 Å². The average Bonchev–Trinajstić information content (AvgIpc) is 2.55. The maximum Gasteiger partial charge on any atom is 0.264 e. The average molecular weight is 290 g/mol. The fraction of sp³-hybridized carbons (Fsp3) is 0.333. The minimum absolute atomic E-state index is 0.0926. The number of nitrogens with two attached hydrogens (primary N) is 1. The normalized spacial score (nSPS) is 26.2. The first kappa shape index (κ1) is 8.71. The van der Waals surface area contributed by atoms with Crippen LogP contribution < -0.4 is 11.3 Å². The molecule has 3 rings (SSSR count). The van der Waals surface area contributed by atoms with Crippen LogP contribution in [0.4, 0.5) is 5.69 Å². The lowest BCUT2D eigenvalue weighted by Gasteiger charge is -2.24. The number of carbonyl (C=O) groups excluding carboxylic acids is 2. The Kier molecular flexibility index (Phi) is 1.99. The predicted octanol–water partition coefficient (Wildman–Crippen LogP) is 1.15. The summed E-state index contributed by atoms with van der Waals surface area (Å²) in [5.74, 6) is -1.67. The molecule has 108 valence electrons. The number of aromatic nitrogens is 2. The fourth-order valence-corrected chi connectivity index (χ4v) is 2.41. The zero-order valence-corrected chi connectivity index (χ0v) is 11.0. The molecule has 1 saturated carbocycles. The van der Waals surface area contributed by atoms with Gasteiger partial charge in [0.1, 0.15) is 11.6 Å². The number of rotatable bonds is 1. The van der Waals surface area contributed by atoms with E-state index >= 15 is 0 Å². The summed E-state index contributed by atoms with van der Waals surface area (Å²) in [4.78, 5) is 40.9. The molecule has 1 fully saturated rings. The number of ketones is 2. The highest BCUT2D eigenvalue weighted by Gasteiger charge is 2.30. The third-order valence-electron chi connectivity index (χ3n) is 3.41. The summed E-state index contributed by atoms with van der Waals surface area (Å²) >= 11 is 0. The van der Waals surface area contributed by atoms with E-state index in [0.29, 0.717) is 4.57 Å². The molecule has 2 N–H and O–H groups in total. The quantitative estimate of drug-likeness (QED) is 0.628. The minimum Gasteiger partial charge on any atom is -0.398 e. The monoisotopic (exact) mass is 290 g/mol.